The molecule has 0 N–H and O–H groups in total. The highest BCUT2D eigenvalue weighted by atomic mass is 14.2. The zero-order valence-electron chi connectivity index (χ0n) is 24.2. The quantitative estimate of drug-likeness (QED) is 0.256. The molecule has 0 heteroatoms. The van der Waals surface area contributed by atoms with Crippen molar-refractivity contribution in [1.29, 1.82) is 0 Å². The van der Waals surface area contributed by atoms with Gasteiger partial charge in [-0.05, 0) is 61.1 Å². The van der Waals surface area contributed by atoms with Gasteiger partial charge in [0.25, 0.3) is 0 Å². The Labute approximate surface area is 221 Å². The van der Waals surface area contributed by atoms with Crippen LogP contribution in [0.15, 0.2) is 97.1 Å². The number of hydrogen-bond acceptors (Lipinski definition) is 0. The first-order valence-electron chi connectivity index (χ1n) is 13.5. The van der Waals surface area contributed by atoms with E-state index in [-0.39, 0.29) is 0 Å². The van der Waals surface area contributed by atoms with Crippen molar-refractivity contribution >= 4 is 11.1 Å². The Balaban J connectivity index is 0.00000101. The highest BCUT2D eigenvalue weighted by molar-refractivity contribution is 6.04. The Kier molecular flexibility index (Phi) is 13.9. The molecule has 4 rings (SSSR count). The monoisotopic (exact) mass is 478 g/mol. The molecule has 0 unspecified atom stereocenters. The van der Waals surface area contributed by atoms with Gasteiger partial charge in [-0.25, -0.2) is 0 Å². The Morgan fingerprint density at radius 3 is 0.556 bits per heavy atom. The van der Waals surface area contributed by atoms with Gasteiger partial charge in [0.1, 0.15) is 0 Å². The molecule has 0 aliphatic heterocycles. The Hall–Kier alpha value is -3.38. The second kappa shape index (κ2) is 16.3. The van der Waals surface area contributed by atoms with Gasteiger partial charge in [-0.1, -0.05) is 161 Å². The Morgan fingerprint density at radius 2 is 0.417 bits per heavy atom. The number of aryl methyl sites for hydroxylation is 4. The molecule has 36 heavy (non-hydrogen) atoms. The third kappa shape index (κ3) is 8.38. The van der Waals surface area contributed by atoms with Gasteiger partial charge in [0.2, 0.25) is 0 Å². The van der Waals surface area contributed by atoms with Gasteiger partial charge in [0.05, 0.1) is 0 Å². The van der Waals surface area contributed by atoms with Crippen LogP contribution in [0.4, 0.5) is 0 Å². The van der Waals surface area contributed by atoms with Crippen molar-refractivity contribution in [3.05, 3.63) is 142 Å². The van der Waals surface area contributed by atoms with Gasteiger partial charge in [-0.3, -0.25) is 0 Å². The van der Waals surface area contributed by atoms with Crippen molar-refractivity contribution in [2.45, 2.75) is 69.2 Å². The van der Waals surface area contributed by atoms with E-state index >= 15 is 0 Å². The summed E-state index contributed by atoms with van der Waals surface area (Å²) in [6.07, 6.45) is 0. The summed E-state index contributed by atoms with van der Waals surface area (Å²) in [6, 6.07) is 35.5. The Bertz CT molecular complexity index is 963. The molecule has 0 aromatic heterocycles. The van der Waals surface area contributed by atoms with Crippen molar-refractivity contribution < 1.29 is 0 Å². The summed E-state index contributed by atoms with van der Waals surface area (Å²) in [5, 5.41) is 0. The van der Waals surface area contributed by atoms with Crippen molar-refractivity contribution in [1.82, 2.24) is 0 Å². The van der Waals surface area contributed by atoms with E-state index in [0.29, 0.717) is 0 Å². The highest BCUT2D eigenvalue weighted by Gasteiger charge is 2.16. The van der Waals surface area contributed by atoms with E-state index in [1.54, 1.807) is 0 Å². The van der Waals surface area contributed by atoms with Crippen molar-refractivity contribution in [2.75, 3.05) is 0 Å². The summed E-state index contributed by atoms with van der Waals surface area (Å²) in [7, 11) is 0. The molecular formula is C36H46. The molecule has 0 saturated carbocycles. The molecule has 0 spiro atoms. The molecule has 4 aromatic rings. The minimum Gasteiger partial charge on any atom is -0.0683 e. The Morgan fingerprint density at radius 1 is 0.278 bits per heavy atom. The maximum Gasteiger partial charge on any atom is -0.00268 e. The van der Waals surface area contributed by atoms with Gasteiger partial charge in [0.15, 0.2) is 0 Å². The van der Waals surface area contributed by atoms with Crippen LogP contribution in [-0.4, -0.2) is 0 Å². The summed E-state index contributed by atoms with van der Waals surface area (Å²) < 4.78 is 0. The third-order valence-electron chi connectivity index (χ3n) is 5.61. The van der Waals surface area contributed by atoms with Crippen molar-refractivity contribution in [2.24, 2.45) is 0 Å². The van der Waals surface area contributed by atoms with E-state index in [1.165, 1.54) is 55.7 Å². The molecule has 0 aliphatic carbocycles. The van der Waals surface area contributed by atoms with E-state index in [4.69, 9.17) is 0 Å². The second-order valence-corrected chi connectivity index (χ2v) is 8.21. The number of hydrogen-bond donors (Lipinski definition) is 0. The predicted molar refractivity (Wildman–Crippen MR) is 164 cm³/mol. The van der Waals surface area contributed by atoms with E-state index < -0.39 is 0 Å². The fourth-order valence-electron chi connectivity index (χ4n) is 3.79. The molecule has 0 radical (unpaired) electrons. The molecule has 0 aliphatic rings. The lowest BCUT2D eigenvalue weighted by Gasteiger charge is -2.19. The van der Waals surface area contributed by atoms with Gasteiger partial charge in [0, 0.05) is 0 Å². The zero-order chi connectivity index (χ0) is 27.1. The highest BCUT2D eigenvalue weighted by Crippen LogP contribution is 2.37. The molecule has 0 saturated heterocycles. The predicted octanol–water partition coefficient (Wildman–Crippen LogP) is 11.0. The van der Waals surface area contributed by atoms with Crippen LogP contribution in [0.5, 0.6) is 0 Å². The first kappa shape index (κ1) is 30.7. The molecule has 4 aromatic carbocycles. The molecule has 190 valence electrons. The molecule has 0 fully saturated rings. The first-order valence-corrected chi connectivity index (χ1v) is 13.5. The van der Waals surface area contributed by atoms with Crippen LogP contribution in [0.25, 0.3) is 11.1 Å². The summed E-state index contributed by atoms with van der Waals surface area (Å²) in [5.74, 6) is 0. The normalized spacial score (nSPS) is 9.39. The fourth-order valence-corrected chi connectivity index (χ4v) is 3.79. The average Bonchev–Trinajstić information content (AvgIpc) is 2.93. The standard InChI is InChI=1S/C30H28.3C2H6/c1-21-5-13-25(14-6-21)29(26-15-7-22(2)8-16-26)30(27-17-9-23(3)10-18-27)28-19-11-24(4)12-20-28;3*1-2/h5-20H,1-4H3;3*1-2H3. The smallest absolute Gasteiger partial charge is 0.00268 e. The first-order chi connectivity index (χ1) is 17.5. The van der Waals surface area contributed by atoms with Gasteiger partial charge in [-0.15, -0.1) is 0 Å². The minimum atomic E-state index is 1.24. The van der Waals surface area contributed by atoms with E-state index in [9.17, 15) is 0 Å². The van der Waals surface area contributed by atoms with E-state index in [1.807, 2.05) is 41.5 Å². The van der Waals surface area contributed by atoms with Gasteiger partial charge < -0.3 is 0 Å². The van der Waals surface area contributed by atoms with Crippen LogP contribution in [0.2, 0.25) is 0 Å². The molecule has 0 amide bonds. The topological polar surface area (TPSA) is 0 Å². The lowest BCUT2D eigenvalue weighted by Crippen LogP contribution is -1.98. The van der Waals surface area contributed by atoms with Crippen LogP contribution < -0.4 is 0 Å². The molecule has 0 atom stereocenters. The summed E-state index contributed by atoms with van der Waals surface area (Å²) in [6.45, 7) is 20.6. The SMILES string of the molecule is CC.CC.CC.Cc1ccc(C(=C(c2ccc(C)cc2)c2ccc(C)cc2)c2ccc(C)cc2)cc1. The molecular weight excluding hydrogens is 432 g/mol. The van der Waals surface area contributed by atoms with Crippen LogP contribution >= 0.6 is 0 Å². The summed E-state index contributed by atoms with van der Waals surface area (Å²) in [4.78, 5) is 0. The van der Waals surface area contributed by atoms with Crippen molar-refractivity contribution in [3.8, 4) is 0 Å². The summed E-state index contributed by atoms with van der Waals surface area (Å²) >= 11 is 0. The lowest BCUT2D eigenvalue weighted by atomic mass is 9.85. The summed E-state index contributed by atoms with van der Waals surface area (Å²) in [5.41, 5.74) is 12.6. The van der Waals surface area contributed by atoms with Gasteiger partial charge >= 0.3 is 0 Å². The lowest BCUT2D eigenvalue weighted by molar-refractivity contribution is 1.40. The maximum absolute atomic E-state index is 2.24. The van der Waals surface area contributed by atoms with Crippen LogP contribution in [0, 0.1) is 27.7 Å². The molecule has 0 nitrogen and oxygen atoms in total. The van der Waals surface area contributed by atoms with Gasteiger partial charge in [-0.2, -0.15) is 0 Å². The third-order valence-corrected chi connectivity index (χ3v) is 5.61. The zero-order valence-corrected chi connectivity index (χ0v) is 24.2. The van der Waals surface area contributed by atoms with E-state index in [2.05, 4.69) is 125 Å². The van der Waals surface area contributed by atoms with Crippen LogP contribution in [0.3, 0.4) is 0 Å². The number of rotatable bonds is 4. The largest absolute Gasteiger partial charge is 0.0683 e. The fraction of sp³-hybridized carbons (Fsp3) is 0.278. The maximum atomic E-state index is 2.24. The van der Waals surface area contributed by atoms with Crippen LogP contribution in [-0.2, 0) is 0 Å². The van der Waals surface area contributed by atoms with E-state index in [0.717, 1.165) is 0 Å². The number of benzene rings is 4. The molecule has 0 heterocycles. The average molecular weight is 479 g/mol. The minimum absolute atomic E-state index is 1.24. The second-order valence-electron chi connectivity index (χ2n) is 8.21. The molecule has 0 bridgehead atoms. The van der Waals surface area contributed by atoms with Crippen molar-refractivity contribution in [3.63, 3.8) is 0 Å². The van der Waals surface area contributed by atoms with Crippen LogP contribution in [0.1, 0.15) is 86.1 Å².